The molecule has 134 valence electrons. The monoisotopic (exact) mass is 345 g/mol. The van der Waals surface area contributed by atoms with Gasteiger partial charge in [-0.3, -0.25) is 9.59 Å². The van der Waals surface area contributed by atoms with E-state index in [2.05, 4.69) is 10.6 Å². The third-order valence-corrected chi connectivity index (χ3v) is 3.51. The minimum Gasteiger partial charge on any atom is -0.480 e. The second-order valence-electron chi connectivity index (χ2n) is 6.30. The van der Waals surface area contributed by atoms with Crippen LogP contribution in [0.5, 0.6) is 0 Å². The van der Waals surface area contributed by atoms with E-state index in [9.17, 15) is 19.5 Å². The van der Waals surface area contributed by atoms with E-state index in [1.165, 1.54) is 6.92 Å². The van der Waals surface area contributed by atoms with Gasteiger partial charge in [-0.15, -0.1) is 0 Å². The molecule has 0 heterocycles. The molecule has 0 fully saturated rings. The lowest BCUT2D eigenvalue weighted by Gasteiger charge is -2.22. The molecule has 0 aromatic heterocycles. The fourth-order valence-electron chi connectivity index (χ4n) is 2.42. The van der Waals surface area contributed by atoms with Crippen molar-refractivity contribution in [2.24, 2.45) is 5.92 Å². The Morgan fingerprint density at radius 1 is 1.20 bits per heavy atom. The summed E-state index contributed by atoms with van der Waals surface area (Å²) < 4.78 is 0. The summed E-state index contributed by atoms with van der Waals surface area (Å²) in [5.41, 5.74) is 1.05. The average molecular weight is 345 g/mol. The highest BCUT2D eigenvalue weighted by atomic mass is 16.4. The number of aliphatic carboxylic acids is 1. The van der Waals surface area contributed by atoms with Gasteiger partial charge in [0.1, 0.15) is 12.1 Å². The lowest BCUT2D eigenvalue weighted by molar-refractivity contribution is -0.142. The summed E-state index contributed by atoms with van der Waals surface area (Å²) in [6.07, 6.45) is 0.451. The summed E-state index contributed by atoms with van der Waals surface area (Å²) in [6.45, 7) is 5.12. The van der Waals surface area contributed by atoms with E-state index in [-0.39, 0.29) is 18.2 Å². The maximum atomic E-state index is 12.4. The van der Waals surface area contributed by atoms with Crippen LogP contribution >= 0.6 is 0 Å². The van der Waals surface area contributed by atoms with Gasteiger partial charge in [-0.25, -0.2) is 4.79 Å². The van der Waals surface area contributed by atoms with E-state index < -0.39 is 24.0 Å². The van der Waals surface area contributed by atoms with E-state index in [4.69, 9.17) is 5.26 Å². The van der Waals surface area contributed by atoms with Gasteiger partial charge in [0, 0.05) is 13.3 Å². The topological polar surface area (TPSA) is 119 Å². The van der Waals surface area contributed by atoms with Crippen LogP contribution in [0.3, 0.4) is 0 Å². The Bertz CT molecular complexity index is 679. The standard InChI is InChI=1S/C18H23N3O4/c1-11(2)7-15(20-12(3)22)17(23)21-16(18(24)25)9-13-5-4-6-14(8-13)10-19/h4-6,8,11,15-16H,7,9H2,1-3H3,(H,20,22)(H,21,23)(H,24,25)/t15-,16-/m0/s1. The van der Waals surface area contributed by atoms with Crippen molar-refractivity contribution in [1.29, 1.82) is 5.26 Å². The van der Waals surface area contributed by atoms with Crippen molar-refractivity contribution >= 4 is 17.8 Å². The van der Waals surface area contributed by atoms with Gasteiger partial charge in [-0.2, -0.15) is 5.26 Å². The molecular formula is C18H23N3O4. The molecule has 1 aromatic carbocycles. The van der Waals surface area contributed by atoms with Crippen molar-refractivity contribution < 1.29 is 19.5 Å². The molecule has 7 heteroatoms. The largest absolute Gasteiger partial charge is 0.480 e. The van der Waals surface area contributed by atoms with E-state index >= 15 is 0 Å². The molecule has 2 atom stereocenters. The summed E-state index contributed by atoms with van der Waals surface area (Å²) in [5, 5.41) is 23.3. The maximum absolute atomic E-state index is 12.4. The van der Waals surface area contributed by atoms with Gasteiger partial charge in [0.25, 0.3) is 0 Å². The highest BCUT2D eigenvalue weighted by Gasteiger charge is 2.26. The van der Waals surface area contributed by atoms with Crippen LogP contribution in [0.2, 0.25) is 0 Å². The molecule has 1 aromatic rings. The number of hydrogen-bond acceptors (Lipinski definition) is 4. The van der Waals surface area contributed by atoms with E-state index in [1.54, 1.807) is 24.3 Å². The fraction of sp³-hybridized carbons (Fsp3) is 0.444. The minimum absolute atomic E-state index is 0.0467. The molecule has 0 saturated heterocycles. The number of hydrogen-bond donors (Lipinski definition) is 3. The average Bonchev–Trinajstić information content (AvgIpc) is 2.52. The smallest absolute Gasteiger partial charge is 0.326 e. The number of rotatable bonds is 8. The fourth-order valence-corrected chi connectivity index (χ4v) is 2.42. The zero-order chi connectivity index (χ0) is 19.0. The summed E-state index contributed by atoms with van der Waals surface area (Å²) >= 11 is 0. The molecule has 0 radical (unpaired) electrons. The first kappa shape index (κ1) is 20.2. The van der Waals surface area contributed by atoms with Crippen LogP contribution in [0.15, 0.2) is 24.3 Å². The SMILES string of the molecule is CC(=O)N[C@@H](CC(C)C)C(=O)N[C@@H](Cc1cccc(C#N)c1)C(=O)O. The Morgan fingerprint density at radius 3 is 2.40 bits per heavy atom. The van der Waals surface area contributed by atoms with E-state index in [0.717, 1.165) is 0 Å². The van der Waals surface area contributed by atoms with Gasteiger partial charge in [0.15, 0.2) is 0 Å². The van der Waals surface area contributed by atoms with Gasteiger partial charge >= 0.3 is 5.97 Å². The van der Waals surface area contributed by atoms with Gasteiger partial charge < -0.3 is 15.7 Å². The van der Waals surface area contributed by atoms with Crippen molar-refractivity contribution in [3.63, 3.8) is 0 Å². The highest BCUT2D eigenvalue weighted by molar-refractivity contribution is 5.90. The Kier molecular flexibility index (Phi) is 7.60. The number of nitriles is 1. The van der Waals surface area contributed by atoms with Crippen LogP contribution in [-0.4, -0.2) is 35.0 Å². The van der Waals surface area contributed by atoms with Crippen molar-refractivity contribution in [1.82, 2.24) is 10.6 Å². The maximum Gasteiger partial charge on any atom is 0.326 e. The van der Waals surface area contributed by atoms with Crippen LogP contribution in [-0.2, 0) is 20.8 Å². The third kappa shape index (κ3) is 7.04. The zero-order valence-corrected chi connectivity index (χ0v) is 14.6. The van der Waals surface area contributed by atoms with Crippen LogP contribution in [0.1, 0.15) is 38.3 Å². The molecule has 0 unspecified atom stereocenters. The number of benzene rings is 1. The summed E-state index contributed by atoms with van der Waals surface area (Å²) in [6, 6.07) is 6.61. The quantitative estimate of drug-likeness (QED) is 0.654. The van der Waals surface area contributed by atoms with Gasteiger partial charge in [-0.1, -0.05) is 26.0 Å². The zero-order valence-electron chi connectivity index (χ0n) is 14.6. The lowest BCUT2D eigenvalue weighted by atomic mass is 10.0. The first-order valence-corrected chi connectivity index (χ1v) is 8.02. The summed E-state index contributed by atoms with van der Waals surface area (Å²) in [4.78, 5) is 35.2. The Balaban J connectivity index is 2.87. The van der Waals surface area contributed by atoms with Crippen molar-refractivity contribution in [2.75, 3.05) is 0 Å². The molecule has 25 heavy (non-hydrogen) atoms. The second-order valence-corrected chi connectivity index (χ2v) is 6.30. The number of carbonyl (C=O) groups is 3. The van der Waals surface area contributed by atoms with Gasteiger partial charge in [-0.05, 0) is 30.0 Å². The molecule has 0 spiro atoms. The number of carboxylic acids is 1. The first-order chi connectivity index (χ1) is 11.7. The number of nitrogens with zero attached hydrogens (tertiary/aromatic N) is 1. The molecule has 2 amide bonds. The number of carboxylic acid groups (broad SMARTS) is 1. The molecular weight excluding hydrogens is 322 g/mol. The predicted molar refractivity (Wildman–Crippen MR) is 91.5 cm³/mol. The molecule has 7 nitrogen and oxygen atoms in total. The molecule has 0 saturated carbocycles. The highest BCUT2D eigenvalue weighted by Crippen LogP contribution is 2.09. The van der Waals surface area contributed by atoms with Gasteiger partial charge in [0.05, 0.1) is 11.6 Å². The normalized spacial score (nSPS) is 12.8. The van der Waals surface area contributed by atoms with Crippen LogP contribution in [0.4, 0.5) is 0 Å². The van der Waals surface area contributed by atoms with Crippen LogP contribution in [0, 0.1) is 17.2 Å². The second kappa shape index (κ2) is 9.42. The lowest BCUT2D eigenvalue weighted by Crippen LogP contribution is -2.52. The number of carbonyl (C=O) groups excluding carboxylic acids is 2. The van der Waals surface area contributed by atoms with Crippen molar-refractivity contribution in [3.8, 4) is 6.07 Å². The predicted octanol–water partition coefficient (Wildman–Crippen LogP) is 1.22. The molecule has 0 aliphatic heterocycles. The first-order valence-electron chi connectivity index (χ1n) is 8.02. The summed E-state index contributed by atoms with van der Waals surface area (Å²) in [5.74, 6) is -1.91. The van der Waals surface area contributed by atoms with Crippen molar-refractivity contribution in [2.45, 2.75) is 45.7 Å². The molecule has 0 aliphatic rings. The molecule has 1 rings (SSSR count). The molecule has 0 aliphatic carbocycles. The number of amides is 2. The van der Waals surface area contributed by atoms with Crippen LogP contribution < -0.4 is 10.6 Å². The number of nitrogens with one attached hydrogen (secondary N) is 2. The Labute approximate surface area is 147 Å². The third-order valence-electron chi connectivity index (χ3n) is 3.51. The summed E-state index contributed by atoms with van der Waals surface area (Å²) in [7, 11) is 0. The van der Waals surface area contributed by atoms with Crippen LogP contribution in [0.25, 0.3) is 0 Å². The van der Waals surface area contributed by atoms with E-state index in [1.807, 2.05) is 19.9 Å². The van der Waals surface area contributed by atoms with Gasteiger partial charge in [0.2, 0.25) is 11.8 Å². The molecule has 0 bridgehead atoms. The molecule has 3 N–H and O–H groups in total. The van der Waals surface area contributed by atoms with E-state index in [0.29, 0.717) is 17.5 Å². The minimum atomic E-state index is -1.18. The Morgan fingerprint density at radius 2 is 1.88 bits per heavy atom. The Hall–Kier alpha value is -2.88. The van der Waals surface area contributed by atoms with Crippen molar-refractivity contribution in [3.05, 3.63) is 35.4 Å².